The number of aromatic nitrogens is 2. The maximum atomic E-state index is 12.1. The third kappa shape index (κ3) is 3.55. The Morgan fingerprint density at radius 3 is 2.84 bits per heavy atom. The van der Waals surface area contributed by atoms with Gasteiger partial charge in [0.05, 0.1) is 7.11 Å². The molecule has 2 heterocycles. The monoisotopic (exact) mass is 341 g/mol. The highest BCUT2D eigenvalue weighted by atomic mass is 16.5. The summed E-state index contributed by atoms with van der Waals surface area (Å²) >= 11 is 0. The number of hydrogen-bond acceptors (Lipinski definition) is 6. The number of benzene rings is 1. The summed E-state index contributed by atoms with van der Waals surface area (Å²) in [4.78, 5) is 20.3. The van der Waals surface area contributed by atoms with Gasteiger partial charge < -0.3 is 19.2 Å². The molecule has 0 aliphatic rings. The number of para-hydroxylation sites is 1. The zero-order valence-corrected chi connectivity index (χ0v) is 14.3. The van der Waals surface area contributed by atoms with E-state index < -0.39 is 0 Å². The smallest absolute Gasteiger partial charge is 0.258 e. The van der Waals surface area contributed by atoms with Crippen LogP contribution in [0.25, 0.3) is 11.1 Å². The van der Waals surface area contributed by atoms with Gasteiger partial charge in [0, 0.05) is 17.7 Å². The van der Waals surface area contributed by atoms with Gasteiger partial charge in [0.25, 0.3) is 5.91 Å². The Hall–Kier alpha value is -3.09. The number of furan rings is 1. The maximum Gasteiger partial charge on any atom is 0.258 e. The standard InChI is InChI=1S/C18H19N3O4/c1-11-12(2)25-18-16(11)17(20-10-21-18)24-9-15(22)19-8-13-6-4-5-7-14(13)23-3/h4-7,10H,8-9H2,1-3H3,(H,19,22). The Bertz CT molecular complexity index is 904. The number of fused-ring (bicyclic) bond motifs is 1. The molecule has 0 aliphatic carbocycles. The minimum atomic E-state index is -0.254. The van der Waals surface area contributed by atoms with Crippen molar-refractivity contribution in [3.8, 4) is 11.6 Å². The summed E-state index contributed by atoms with van der Waals surface area (Å²) in [7, 11) is 1.60. The minimum Gasteiger partial charge on any atom is -0.496 e. The van der Waals surface area contributed by atoms with E-state index in [2.05, 4.69) is 15.3 Å². The molecule has 2 aromatic heterocycles. The van der Waals surface area contributed by atoms with E-state index in [-0.39, 0.29) is 12.5 Å². The van der Waals surface area contributed by atoms with Crippen molar-refractivity contribution in [2.45, 2.75) is 20.4 Å². The van der Waals surface area contributed by atoms with Crippen LogP contribution in [0, 0.1) is 13.8 Å². The lowest BCUT2D eigenvalue weighted by Crippen LogP contribution is -2.28. The predicted octanol–water partition coefficient (Wildman–Crippen LogP) is 2.54. The average Bonchev–Trinajstić information content (AvgIpc) is 2.93. The number of carbonyl (C=O) groups is 1. The van der Waals surface area contributed by atoms with E-state index >= 15 is 0 Å². The average molecular weight is 341 g/mol. The van der Waals surface area contributed by atoms with Crippen molar-refractivity contribution in [3.63, 3.8) is 0 Å². The largest absolute Gasteiger partial charge is 0.496 e. The molecule has 1 aromatic carbocycles. The van der Waals surface area contributed by atoms with Gasteiger partial charge >= 0.3 is 0 Å². The van der Waals surface area contributed by atoms with Gasteiger partial charge in [0.15, 0.2) is 6.61 Å². The molecule has 3 aromatic rings. The molecule has 7 nitrogen and oxygen atoms in total. The quantitative estimate of drug-likeness (QED) is 0.741. The fourth-order valence-corrected chi connectivity index (χ4v) is 2.49. The summed E-state index contributed by atoms with van der Waals surface area (Å²) in [6.07, 6.45) is 1.35. The normalized spacial score (nSPS) is 10.7. The Morgan fingerprint density at radius 1 is 1.24 bits per heavy atom. The first-order chi connectivity index (χ1) is 12.1. The van der Waals surface area contributed by atoms with Gasteiger partial charge in [0.2, 0.25) is 11.6 Å². The van der Waals surface area contributed by atoms with Crippen LogP contribution < -0.4 is 14.8 Å². The first kappa shape index (κ1) is 16.8. The highest BCUT2D eigenvalue weighted by Crippen LogP contribution is 2.29. The van der Waals surface area contributed by atoms with Crippen LogP contribution in [0.3, 0.4) is 0 Å². The first-order valence-electron chi connectivity index (χ1n) is 7.82. The predicted molar refractivity (Wildman–Crippen MR) is 91.6 cm³/mol. The molecule has 7 heteroatoms. The number of amides is 1. The molecular formula is C18H19N3O4. The zero-order valence-electron chi connectivity index (χ0n) is 14.3. The third-order valence-electron chi connectivity index (χ3n) is 3.94. The van der Waals surface area contributed by atoms with E-state index in [0.29, 0.717) is 23.5 Å². The Morgan fingerprint density at radius 2 is 2.04 bits per heavy atom. The van der Waals surface area contributed by atoms with Gasteiger partial charge in [-0.15, -0.1) is 0 Å². The number of nitrogens with one attached hydrogen (secondary N) is 1. The molecule has 0 atom stereocenters. The molecule has 0 radical (unpaired) electrons. The van der Waals surface area contributed by atoms with Crippen LogP contribution in [0.5, 0.6) is 11.6 Å². The van der Waals surface area contributed by atoms with E-state index in [4.69, 9.17) is 13.9 Å². The number of ether oxygens (including phenoxy) is 2. The second-order valence-electron chi connectivity index (χ2n) is 5.52. The topological polar surface area (TPSA) is 86.5 Å². The van der Waals surface area contributed by atoms with Crippen molar-refractivity contribution >= 4 is 17.0 Å². The highest BCUT2D eigenvalue weighted by molar-refractivity contribution is 5.84. The molecule has 1 N–H and O–H groups in total. The fraction of sp³-hybridized carbons (Fsp3) is 0.278. The van der Waals surface area contributed by atoms with Crippen LogP contribution in [0.2, 0.25) is 0 Å². The van der Waals surface area contributed by atoms with Crippen molar-refractivity contribution in [1.29, 1.82) is 0 Å². The number of carbonyl (C=O) groups excluding carboxylic acids is 1. The molecule has 0 aliphatic heterocycles. The lowest BCUT2D eigenvalue weighted by atomic mass is 10.2. The second-order valence-corrected chi connectivity index (χ2v) is 5.52. The van der Waals surface area contributed by atoms with Crippen molar-refractivity contribution in [2.24, 2.45) is 0 Å². The summed E-state index contributed by atoms with van der Waals surface area (Å²) in [5, 5.41) is 3.49. The number of methoxy groups -OCH3 is 1. The minimum absolute atomic E-state index is 0.148. The van der Waals surface area contributed by atoms with E-state index in [9.17, 15) is 4.79 Å². The molecule has 0 unspecified atom stereocenters. The molecule has 1 amide bonds. The Balaban J connectivity index is 1.63. The first-order valence-corrected chi connectivity index (χ1v) is 7.82. The molecule has 0 bridgehead atoms. The van der Waals surface area contributed by atoms with E-state index in [1.807, 2.05) is 38.1 Å². The summed E-state index contributed by atoms with van der Waals surface area (Å²) in [5.41, 5.74) is 2.25. The lowest BCUT2D eigenvalue weighted by molar-refractivity contribution is -0.123. The molecule has 0 saturated carbocycles. The number of nitrogens with zero attached hydrogens (tertiary/aromatic N) is 2. The Kier molecular flexibility index (Phi) is 4.83. The van der Waals surface area contributed by atoms with Gasteiger partial charge in [-0.05, 0) is 19.9 Å². The Labute approximate surface area is 145 Å². The zero-order chi connectivity index (χ0) is 17.8. The molecular weight excluding hydrogens is 322 g/mol. The van der Waals surface area contributed by atoms with Gasteiger partial charge in [0.1, 0.15) is 23.2 Å². The molecule has 130 valence electrons. The van der Waals surface area contributed by atoms with Crippen molar-refractivity contribution in [1.82, 2.24) is 15.3 Å². The molecule has 3 rings (SSSR count). The third-order valence-corrected chi connectivity index (χ3v) is 3.94. The fourth-order valence-electron chi connectivity index (χ4n) is 2.49. The van der Waals surface area contributed by atoms with Crippen LogP contribution in [0.1, 0.15) is 16.9 Å². The summed E-state index contributed by atoms with van der Waals surface area (Å²) in [5.74, 6) is 1.56. The van der Waals surface area contributed by atoms with Crippen LogP contribution in [0.15, 0.2) is 35.0 Å². The summed E-state index contributed by atoms with van der Waals surface area (Å²) in [6, 6.07) is 7.51. The van der Waals surface area contributed by atoms with Crippen LogP contribution >= 0.6 is 0 Å². The van der Waals surface area contributed by atoms with Crippen LogP contribution in [0.4, 0.5) is 0 Å². The van der Waals surface area contributed by atoms with E-state index in [0.717, 1.165) is 22.6 Å². The highest BCUT2D eigenvalue weighted by Gasteiger charge is 2.15. The molecule has 0 saturated heterocycles. The van der Waals surface area contributed by atoms with Crippen molar-refractivity contribution in [3.05, 3.63) is 47.5 Å². The van der Waals surface area contributed by atoms with Crippen molar-refractivity contribution < 1.29 is 18.7 Å². The van der Waals surface area contributed by atoms with Gasteiger partial charge in [-0.25, -0.2) is 9.97 Å². The molecule has 0 spiro atoms. The van der Waals surface area contributed by atoms with E-state index in [1.165, 1.54) is 6.33 Å². The molecule has 25 heavy (non-hydrogen) atoms. The number of hydrogen-bond donors (Lipinski definition) is 1. The van der Waals surface area contributed by atoms with Gasteiger partial charge in [-0.3, -0.25) is 4.79 Å². The number of aryl methyl sites for hydroxylation is 2. The van der Waals surface area contributed by atoms with Crippen LogP contribution in [-0.4, -0.2) is 29.6 Å². The maximum absolute atomic E-state index is 12.1. The summed E-state index contributed by atoms with van der Waals surface area (Å²) in [6.45, 7) is 3.96. The lowest BCUT2D eigenvalue weighted by Gasteiger charge is -2.10. The van der Waals surface area contributed by atoms with E-state index in [1.54, 1.807) is 7.11 Å². The van der Waals surface area contributed by atoms with Crippen LogP contribution in [-0.2, 0) is 11.3 Å². The molecule has 0 fully saturated rings. The van der Waals surface area contributed by atoms with Crippen molar-refractivity contribution in [2.75, 3.05) is 13.7 Å². The SMILES string of the molecule is COc1ccccc1CNC(=O)COc1ncnc2oc(C)c(C)c12. The summed E-state index contributed by atoms with van der Waals surface area (Å²) < 4.78 is 16.4. The van der Waals surface area contributed by atoms with Gasteiger partial charge in [-0.1, -0.05) is 18.2 Å². The van der Waals surface area contributed by atoms with Gasteiger partial charge in [-0.2, -0.15) is 0 Å². The second kappa shape index (κ2) is 7.21. The number of rotatable bonds is 6.